The molecule has 3 aromatic rings. The molecule has 0 unspecified atom stereocenters. The van der Waals surface area contributed by atoms with Gasteiger partial charge in [-0.25, -0.2) is 14.8 Å². The summed E-state index contributed by atoms with van der Waals surface area (Å²) in [7, 11) is 0. The number of carboxylic acids is 1. The van der Waals surface area contributed by atoms with E-state index in [0.717, 1.165) is 6.20 Å². The number of nitriles is 1. The van der Waals surface area contributed by atoms with Gasteiger partial charge in [-0.2, -0.15) is 14.0 Å². The number of alkyl halides is 2. The van der Waals surface area contributed by atoms with E-state index in [1.54, 1.807) is 36.4 Å². The summed E-state index contributed by atoms with van der Waals surface area (Å²) < 4.78 is 27.3. The van der Waals surface area contributed by atoms with Crippen LogP contribution < -0.4 is 0 Å². The van der Waals surface area contributed by atoms with Crippen LogP contribution in [0.15, 0.2) is 53.8 Å². The highest BCUT2D eigenvalue weighted by Gasteiger charge is 2.41. The van der Waals surface area contributed by atoms with Crippen LogP contribution in [0.3, 0.4) is 0 Å². The third-order valence-electron chi connectivity index (χ3n) is 3.47. The van der Waals surface area contributed by atoms with Crippen LogP contribution in [0.1, 0.15) is 5.56 Å². The first kappa shape index (κ1) is 16.8. The van der Waals surface area contributed by atoms with Gasteiger partial charge in [-0.3, -0.25) is 0 Å². The molecule has 1 N–H and O–H groups in total. The second kappa shape index (κ2) is 6.45. The molecule has 0 aliphatic heterocycles. The second-order valence-corrected chi connectivity index (χ2v) is 6.13. The van der Waals surface area contributed by atoms with Crippen molar-refractivity contribution in [1.29, 1.82) is 5.26 Å². The third-order valence-corrected chi connectivity index (χ3v) is 4.42. The minimum atomic E-state index is -4.01. The van der Waals surface area contributed by atoms with Crippen molar-refractivity contribution < 1.29 is 18.7 Å². The summed E-state index contributed by atoms with van der Waals surface area (Å²) in [5, 5.41) is 15.2. The third kappa shape index (κ3) is 3.14. The SMILES string of the molecule is N#Cc1ccc(-c2ncncc2SC(F)(F)C(=O)O)c2ccccc12. The molecule has 3 rings (SSSR count). The predicted octanol–water partition coefficient (Wildman–Crippen LogP) is 3.94. The van der Waals surface area contributed by atoms with E-state index in [0.29, 0.717) is 21.9 Å². The lowest BCUT2D eigenvalue weighted by atomic mass is 9.98. The predicted molar refractivity (Wildman–Crippen MR) is 88.1 cm³/mol. The van der Waals surface area contributed by atoms with E-state index in [1.807, 2.05) is 0 Å². The van der Waals surface area contributed by atoms with Gasteiger partial charge in [0.2, 0.25) is 0 Å². The van der Waals surface area contributed by atoms with E-state index in [-0.39, 0.29) is 22.4 Å². The number of halogens is 2. The summed E-state index contributed by atoms with van der Waals surface area (Å²) in [5.74, 6) is -2.24. The normalized spacial score (nSPS) is 11.2. The van der Waals surface area contributed by atoms with E-state index < -0.39 is 11.2 Å². The Morgan fingerprint density at radius 3 is 2.60 bits per heavy atom. The molecule has 8 heteroatoms. The van der Waals surface area contributed by atoms with Crippen LogP contribution in [0.25, 0.3) is 22.0 Å². The molecule has 1 heterocycles. The van der Waals surface area contributed by atoms with Gasteiger partial charge in [-0.1, -0.05) is 30.3 Å². The van der Waals surface area contributed by atoms with Crippen LogP contribution in [0.4, 0.5) is 8.78 Å². The topological polar surface area (TPSA) is 86.9 Å². The smallest absolute Gasteiger partial charge is 0.393 e. The van der Waals surface area contributed by atoms with Gasteiger partial charge in [0.1, 0.15) is 6.33 Å². The summed E-state index contributed by atoms with van der Waals surface area (Å²) in [6.07, 6.45) is 2.35. The minimum absolute atomic E-state index is 0.0650. The van der Waals surface area contributed by atoms with Crippen molar-refractivity contribution in [3.63, 3.8) is 0 Å². The highest BCUT2D eigenvalue weighted by molar-refractivity contribution is 8.01. The fraction of sp³-hybridized carbons (Fsp3) is 0.0588. The zero-order valence-electron chi connectivity index (χ0n) is 12.5. The van der Waals surface area contributed by atoms with Gasteiger partial charge >= 0.3 is 11.2 Å². The van der Waals surface area contributed by atoms with Crippen molar-refractivity contribution in [2.75, 3.05) is 0 Å². The summed E-state index contributed by atoms with van der Waals surface area (Å²) >= 11 is -0.129. The molecule has 0 amide bonds. The Labute approximate surface area is 145 Å². The Bertz CT molecular complexity index is 1020. The number of thioether (sulfide) groups is 1. The number of carbonyl (C=O) groups is 1. The molecular weight excluding hydrogens is 348 g/mol. The lowest BCUT2D eigenvalue weighted by Gasteiger charge is -2.14. The van der Waals surface area contributed by atoms with Gasteiger partial charge in [-0.15, -0.1) is 0 Å². The molecule has 5 nitrogen and oxygen atoms in total. The first-order chi connectivity index (χ1) is 11.9. The number of aromatic nitrogens is 2. The van der Waals surface area contributed by atoms with Crippen molar-refractivity contribution in [3.8, 4) is 17.3 Å². The Morgan fingerprint density at radius 1 is 1.20 bits per heavy atom. The number of carboxylic acid groups (broad SMARTS) is 1. The molecular formula is C17H9F2N3O2S. The fourth-order valence-electron chi connectivity index (χ4n) is 2.38. The Balaban J connectivity index is 2.21. The molecule has 0 bridgehead atoms. The molecule has 0 radical (unpaired) electrons. The standard InChI is InChI=1S/C17H9F2N3O2S/c18-17(19,16(23)24)25-14-8-21-9-22-15(14)13-6-5-10(7-20)11-3-1-2-4-12(11)13/h1-6,8-9H,(H,23,24). The van der Waals surface area contributed by atoms with E-state index >= 15 is 0 Å². The van der Waals surface area contributed by atoms with Gasteiger partial charge in [0.05, 0.1) is 22.2 Å². The lowest BCUT2D eigenvalue weighted by Crippen LogP contribution is -2.23. The van der Waals surface area contributed by atoms with E-state index in [2.05, 4.69) is 16.0 Å². The monoisotopic (exact) mass is 357 g/mol. The molecule has 1 aromatic heterocycles. The molecule has 0 saturated heterocycles. The molecule has 124 valence electrons. The minimum Gasteiger partial charge on any atom is -0.476 e. The second-order valence-electron chi connectivity index (χ2n) is 4.98. The van der Waals surface area contributed by atoms with Gasteiger partial charge in [-0.05, 0) is 23.2 Å². The van der Waals surface area contributed by atoms with Crippen LogP contribution >= 0.6 is 11.8 Å². The number of fused-ring (bicyclic) bond motifs is 1. The maximum Gasteiger partial charge on any atom is 0.393 e. The molecule has 0 fully saturated rings. The van der Waals surface area contributed by atoms with Crippen molar-refractivity contribution in [2.24, 2.45) is 0 Å². The van der Waals surface area contributed by atoms with Gasteiger partial charge in [0, 0.05) is 17.1 Å². The van der Waals surface area contributed by atoms with Crippen molar-refractivity contribution in [1.82, 2.24) is 9.97 Å². The number of nitrogens with zero attached hydrogens (tertiary/aromatic N) is 3. The van der Waals surface area contributed by atoms with Crippen LogP contribution in [-0.2, 0) is 4.79 Å². The maximum absolute atomic E-state index is 13.6. The zero-order valence-corrected chi connectivity index (χ0v) is 13.3. The first-order valence-electron chi connectivity index (χ1n) is 6.96. The van der Waals surface area contributed by atoms with Crippen LogP contribution in [0.2, 0.25) is 0 Å². The number of hydrogen-bond acceptors (Lipinski definition) is 5. The highest BCUT2D eigenvalue weighted by Crippen LogP contribution is 2.41. The van der Waals surface area contributed by atoms with Crippen molar-refractivity contribution in [2.45, 2.75) is 10.2 Å². The molecule has 0 atom stereocenters. The molecule has 0 saturated carbocycles. The largest absolute Gasteiger partial charge is 0.476 e. The Hall–Kier alpha value is -3.05. The van der Waals surface area contributed by atoms with Crippen LogP contribution in [-0.4, -0.2) is 26.3 Å². The zero-order chi connectivity index (χ0) is 18.0. The average molecular weight is 357 g/mol. The lowest BCUT2D eigenvalue weighted by molar-refractivity contribution is -0.152. The van der Waals surface area contributed by atoms with Crippen molar-refractivity contribution >= 4 is 28.5 Å². The maximum atomic E-state index is 13.6. The summed E-state index contributed by atoms with van der Waals surface area (Å²) in [5.41, 5.74) is 1.14. The molecule has 0 aliphatic carbocycles. The summed E-state index contributed by atoms with van der Waals surface area (Å²) in [6.45, 7) is 0. The van der Waals surface area contributed by atoms with Crippen LogP contribution in [0.5, 0.6) is 0 Å². The number of hydrogen-bond donors (Lipinski definition) is 1. The average Bonchev–Trinajstić information content (AvgIpc) is 2.61. The van der Waals surface area contributed by atoms with E-state index in [4.69, 9.17) is 5.11 Å². The van der Waals surface area contributed by atoms with Gasteiger partial charge in [0.25, 0.3) is 0 Å². The van der Waals surface area contributed by atoms with Crippen molar-refractivity contribution in [3.05, 3.63) is 54.5 Å². The number of benzene rings is 2. The quantitative estimate of drug-likeness (QED) is 0.712. The van der Waals surface area contributed by atoms with Gasteiger partial charge in [0.15, 0.2) is 0 Å². The van der Waals surface area contributed by atoms with E-state index in [9.17, 15) is 18.8 Å². The fourth-order valence-corrected chi connectivity index (χ4v) is 3.12. The first-order valence-corrected chi connectivity index (χ1v) is 7.78. The Morgan fingerprint density at radius 2 is 1.92 bits per heavy atom. The molecule has 0 spiro atoms. The molecule has 25 heavy (non-hydrogen) atoms. The number of aliphatic carboxylic acids is 1. The summed E-state index contributed by atoms with van der Waals surface area (Å²) in [6, 6.07) is 12.3. The summed E-state index contributed by atoms with van der Waals surface area (Å²) in [4.78, 5) is 18.4. The molecule has 2 aromatic carbocycles. The Kier molecular flexibility index (Phi) is 4.33. The number of rotatable bonds is 4. The molecule has 0 aliphatic rings. The van der Waals surface area contributed by atoms with Gasteiger partial charge < -0.3 is 5.11 Å². The van der Waals surface area contributed by atoms with E-state index in [1.165, 1.54) is 6.33 Å². The highest BCUT2D eigenvalue weighted by atomic mass is 32.2. The van der Waals surface area contributed by atoms with Crippen LogP contribution in [0, 0.1) is 11.3 Å².